The molecule has 0 bridgehead atoms. The van der Waals surface area contributed by atoms with Crippen molar-refractivity contribution in [3.05, 3.63) is 59.7 Å². The lowest BCUT2D eigenvalue weighted by molar-refractivity contribution is -0.123. The Morgan fingerprint density at radius 3 is 2.59 bits per heavy atom. The lowest BCUT2D eigenvalue weighted by atomic mass is 9.92. The van der Waals surface area contributed by atoms with Crippen molar-refractivity contribution in [2.75, 3.05) is 0 Å². The molecule has 1 heterocycles. The summed E-state index contributed by atoms with van der Waals surface area (Å²) in [5.41, 5.74) is 8.08. The van der Waals surface area contributed by atoms with Crippen LogP contribution in [0, 0.1) is 0 Å². The largest absolute Gasteiger partial charge is 0.490 e. The molecular weight excluding hydrogens is 364 g/mol. The van der Waals surface area contributed by atoms with Crippen molar-refractivity contribution in [3.8, 4) is 11.5 Å². The average molecular weight is 395 g/mol. The standard InChI is InChI=1S/C24H30N2O3/c1-16(25)24(27)26-19-8-10-20(11-9-19)28-21-12-14-23-18(15-21)7-13-22(29-23)17-5-3-2-4-6-17/h2-6,12,14-16,19-20,22H,7-11,13,25H2,1H3,(H,26,27)/t16?,19?,20?,22-/m1/s1. The van der Waals surface area contributed by atoms with Crippen LogP contribution in [0.3, 0.4) is 0 Å². The number of rotatable bonds is 5. The zero-order chi connectivity index (χ0) is 20.2. The smallest absolute Gasteiger partial charge is 0.236 e. The van der Waals surface area contributed by atoms with E-state index in [2.05, 4.69) is 35.6 Å². The maximum atomic E-state index is 11.8. The maximum absolute atomic E-state index is 11.8. The summed E-state index contributed by atoms with van der Waals surface area (Å²) >= 11 is 0. The number of aryl methyl sites for hydroxylation is 1. The Hall–Kier alpha value is -2.53. The highest BCUT2D eigenvalue weighted by molar-refractivity contribution is 5.81. The molecule has 0 radical (unpaired) electrons. The van der Waals surface area contributed by atoms with Gasteiger partial charge in [0.15, 0.2) is 0 Å². The van der Waals surface area contributed by atoms with Crippen LogP contribution in [0.15, 0.2) is 48.5 Å². The minimum absolute atomic E-state index is 0.0714. The number of hydrogen-bond acceptors (Lipinski definition) is 4. The maximum Gasteiger partial charge on any atom is 0.236 e. The van der Waals surface area contributed by atoms with Gasteiger partial charge >= 0.3 is 0 Å². The highest BCUT2D eigenvalue weighted by atomic mass is 16.5. The topological polar surface area (TPSA) is 73.6 Å². The summed E-state index contributed by atoms with van der Waals surface area (Å²) < 4.78 is 12.5. The first-order valence-electron chi connectivity index (χ1n) is 10.7. The monoisotopic (exact) mass is 394 g/mol. The predicted octanol–water partition coefficient (Wildman–Crippen LogP) is 3.91. The van der Waals surface area contributed by atoms with Gasteiger partial charge in [0.1, 0.15) is 17.6 Å². The molecule has 154 valence electrons. The first-order valence-corrected chi connectivity index (χ1v) is 10.7. The van der Waals surface area contributed by atoms with Crippen LogP contribution in [0.25, 0.3) is 0 Å². The molecule has 5 nitrogen and oxygen atoms in total. The molecule has 3 N–H and O–H groups in total. The Kier molecular flexibility index (Phi) is 6.05. The number of amides is 1. The van der Waals surface area contributed by atoms with Crippen LogP contribution >= 0.6 is 0 Å². The molecule has 2 aromatic rings. The van der Waals surface area contributed by atoms with Crippen molar-refractivity contribution in [2.45, 2.75) is 69.7 Å². The Morgan fingerprint density at radius 1 is 1.10 bits per heavy atom. The summed E-state index contributed by atoms with van der Waals surface area (Å²) in [5.74, 6) is 1.80. The second-order valence-electron chi connectivity index (χ2n) is 8.21. The van der Waals surface area contributed by atoms with Crippen molar-refractivity contribution in [3.63, 3.8) is 0 Å². The molecule has 1 fully saturated rings. The Balaban J connectivity index is 1.31. The molecule has 0 spiro atoms. The number of nitrogens with one attached hydrogen (secondary N) is 1. The fourth-order valence-corrected chi connectivity index (χ4v) is 4.19. The number of fused-ring (bicyclic) bond motifs is 1. The van der Waals surface area contributed by atoms with Crippen LogP contribution in [0.2, 0.25) is 0 Å². The highest BCUT2D eigenvalue weighted by Crippen LogP contribution is 2.37. The summed E-state index contributed by atoms with van der Waals surface area (Å²) in [5, 5.41) is 3.03. The van der Waals surface area contributed by atoms with E-state index in [1.54, 1.807) is 6.92 Å². The van der Waals surface area contributed by atoms with Gasteiger partial charge < -0.3 is 20.5 Å². The average Bonchev–Trinajstić information content (AvgIpc) is 2.75. The van der Waals surface area contributed by atoms with E-state index >= 15 is 0 Å². The molecule has 2 aliphatic rings. The number of nitrogens with two attached hydrogens (primary N) is 1. The van der Waals surface area contributed by atoms with Gasteiger partial charge in [0.2, 0.25) is 5.91 Å². The molecule has 2 aromatic carbocycles. The molecule has 1 unspecified atom stereocenters. The fraction of sp³-hybridized carbons (Fsp3) is 0.458. The second-order valence-corrected chi connectivity index (χ2v) is 8.21. The number of benzene rings is 2. The molecule has 1 aliphatic heterocycles. The van der Waals surface area contributed by atoms with Gasteiger partial charge in [-0.3, -0.25) is 4.79 Å². The van der Waals surface area contributed by atoms with Crippen molar-refractivity contribution < 1.29 is 14.3 Å². The first-order chi connectivity index (χ1) is 14.1. The summed E-state index contributed by atoms with van der Waals surface area (Å²) in [6.45, 7) is 1.71. The van der Waals surface area contributed by atoms with Gasteiger partial charge in [-0.25, -0.2) is 0 Å². The SMILES string of the molecule is CC(N)C(=O)NC1CCC(Oc2ccc3c(c2)CC[C@H](c2ccccc2)O3)CC1. The summed E-state index contributed by atoms with van der Waals surface area (Å²) in [6, 6.07) is 16.3. The molecule has 1 amide bonds. The van der Waals surface area contributed by atoms with Crippen LogP contribution in [-0.2, 0) is 11.2 Å². The van der Waals surface area contributed by atoms with Crippen molar-refractivity contribution in [2.24, 2.45) is 5.73 Å². The van der Waals surface area contributed by atoms with Gasteiger partial charge in [0.25, 0.3) is 0 Å². The normalized spacial score (nSPS) is 24.7. The molecule has 5 heteroatoms. The lowest BCUT2D eigenvalue weighted by Crippen LogP contribution is -2.46. The van der Waals surface area contributed by atoms with Gasteiger partial charge in [-0.1, -0.05) is 30.3 Å². The third-order valence-electron chi connectivity index (χ3n) is 5.89. The molecular formula is C24H30N2O3. The van der Waals surface area contributed by atoms with Crippen LogP contribution in [0.1, 0.15) is 56.3 Å². The minimum atomic E-state index is -0.455. The van der Waals surface area contributed by atoms with Crippen LogP contribution < -0.4 is 20.5 Å². The molecule has 1 aliphatic carbocycles. The number of carbonyl (C=O) groups excluding carboxylic acids is 1. The first kappa shape index (κ1) is 19.8. The van der Waals surface area contributed by atoms with E-state index in [1.807, 2.05) is 18.2 Å². The lowest BCUT2D eigenvalue weighted by Gasteiger charge is -2.31. The van der Waals surface area contributed by atoms with E-state index in [0.29, 0.717) is 0 Å². The van der Waals surface area contributed by atoms with E-state index in [0.717, 1.165) is 50.0 Å². The third-order valence-corrected chi connectivity index (χ3v) is 5.89. The van der Waals surface area contributed by atoms with Gasteiger partial charge in [0, 0.05) is 6.04 Å². The van der Waals surface area contributed by atoms with Crippen LogP contribution in [0.4, 0.5) is 0 Å². The fourth-order valence-electron chi connectivity index (χ4n) is 4.19. The van der Waals surface area contributed by atoms with E-state index in [9.17, 15) is 4.79 Å². The van der Waals surface area contributed by atoms with E-state index in [4.69, 9.17) is 15.2 Å². The summed E-state index contributed by atoms with van der Waals surface area (Å²) in [4.78, 5) is 11.8. The number of ether oxygens (including phenoxy) is 2. The molecule has 4 rings (SSSR count). The second kappa shape index (κ2) is 8.87. The van der Waals surface area contributed by atoms with E-state index < -0.39 is 6.04 Å². The highest BCUT2D eigenvalue weighted by Gasteiger charge is 2.25. The summed E-state index contributed by atoms with van der Waals surface area (Å²) in [7, 11) is 0. The summed E-state index contributed by atoms with van der Waals surface area (Å²) in [6.07, 6.45) is 6.01. The van der Waals surface area contributed by atoms with Crippen molar-refractivity contribution >= 4 is 5.91 Å². The van der Waals surface area contributed by atoms with E-state index in [1.165, 1.54) is 11.1 Å². The molecule has 2 atom stereocenters. The van der Waals surface area contributed by atoms with Crippen molar-refractivity contribution in [1.82, 2.24) is 5.32 Å². The minimum Gasteiger partial charge on any atom is -0.490 e. The molecule has 0 saturated heterocycles. The Labute approximate surface area is 172 Å². The number of carbonyl (C=O) groups is 1. The third kappa shape index (κ3) is 4.91. The zero-order valence-electron chi connectivity index (χ0n) is 17.0. The zero-order valence-corrected chi connectivity index (χ0v) is 17.0. The Morgan fingerprint density at radius 2 is 1.86 bits per heavy atom. The van der Waals surface area contributed by atoms with Crippen molar-refractivity contribution in [1.29, 1.82) is 0 Å². The van der Waals surface area contributed by atoms with Crippen LogP contribution in [0.5, 0.6) is 11.5 Å². The van der Waals surface area contributed by atoms with Gasteiger partial charge in [-0.05, 0) is 74.8 Å². The quantitative estimate of drug-likeness (QED) is 0.806. The van der Waals surface area contributed by atoms with E-state index in [-0.39, 0.29) is 24.2 Å². The molecule has 0 aromatic heterocycles. The van der Waals surface area contributed by atoms with Gasteiger partial charge in [-0.2, -0.15) is 0 Å². The van der Waals surface area contributed by atoms with Gasteiger partial charge in [0.05, 0.1) is 12.1 Å². The predicted molar refractivity (Wildman–Crippen MR) is 113 cm³/mol. The molecule has 1 saturated carbocycles. The van der Waals surface area contributed by atoms with Crippen LogP contribution in [-0.4, -0.2) is 24.1 Å². The van der Waals surface area contributed by atoms with Gasteiger partial charge in [-0.15, -0.1) is 0 Å². The molecule has 29 heavy (non-hydrogen) atoms. The Bertz CT molecular complexity index is 829. The number of hydrogen-bond donors (Lipinski definition) is 2.